The second-order valence-electron chi connectivity index (χ2n) is 9.82. The van der Waals surface area contributed by atoms with Crippen molar-refractivity contribution in [1.82, 2.24) is 24.6 Å². The number of hydrogen-bond donors (Lipinski definition) is 2. The maximum Gasteiger partial charge on any atom is 0.314 e. The van der Waals surface area contributed by atoms with Crippen LogP contribution in [-0.2, 0) is 27.4 Å². The third-order valence-electron chi connectivity index (χ3n) is 7.10. The molecule has 40 heavy (non-hydrogen) atoms. The summed E-state index contributed by atoms with van der Waals surface area (Å²) < 4.78 is 7.57. The summed E-state index contributed by atoms with van der Waals surface area (Å²) in [6.45, 7) is 1.06. The van der Waals surface area contributed by atoms with Gasteiger partial charge in [0.1, 0.15) is 17.6 Å². The number of amides is 2. The Kier molecular flexibility index (Phi) is 7.07. The topological polar surface area (TPSA) is 128 Å². The van der Waals surface area contributed by atoms with Gasteiger partial charge in [-0.25, -0.2) is 9.67 Å². The molecule has 0 bridgehead atoms. The van der Waals surface area contributed by atoms with Crippen molar-refractivity contribution in [2.24, 2.45) is 0 Å². The van der Waals surface area contributed by atoms with E-state index in [1.54, 1.807) is 17.1 Å². The molecule has 202 valence electrons. The van der Waals surface area contributed by atoms with Crippen LogP contribution >= 0.6 is 0 Å². The monoisotopic (exact) mass is 535 g/mol. The molecule has 1 unspecified atom stereocenters. The van der Waals surface area contributed by atoms with Crippen LogP contribution in [-0.4, -0.2) is 43.1 Å². The average molecular weight is 536 g/mol. The number of carbonyl (C=O) groups excluding carboxylic acids is 2. The van der Waals surface area contributed by atoms with Gasteiger partial charge in [0.15, 0.2) is 0 Å². The van der Waals surface area contributed by atoms with Gasteiger partial charge in [-0.05, 0) is 47.7 Å². The molecule has 0 spiro atoms. The number of nitrogens with one attached hydrogen (secondary N) is 1. The maximum absolute atomic E-state index is 13.6. The molecule has 1 fully saturated rings. The average Bonchev–Trinajstić information content (AvgIpc) is 3.46. The molecule has 0 radical (unpaired) electrons. The van der Waals surface area contributed by atoms with Crippen LogP contribution in [0.1, 0.15) is 36.7 Å². The number of nitrogens with two attached hydrogens (primary N) is 1. The Morgan fingerprint density at radius 3 is 2.67 bits per heavy atom. The molecular formula is C30H29N7O3. The fourth-order valence-corrected chi connectivity index (χ4v) is 5.06. The minimum absolute atomic E-state index is 0.166. The van der Waals surface area contributed by atoms with Crippen molar-refractivity contribution >= 4 is 45.0 Å². The van der Waals surface area contributed by atoms with Crippen LogP contribution in [0, 0.1) is 0 Å². The fourth-order valence-electron chi connectivity index (χ4n) is 5.06. The Hall–Kier alpha value is -4.83. The van der Waals surface area contributed by atoms with Gasteiger partial charge in [0.05, 0.1) is 29.5 Å². The van der Waals surface area contributed by atoms with Crippen LogP contribution in [0.3, 0.4) is 0 Å². The van der Waals surface area contributed by atoms with Crippen molar-refractivity contribution < 1.29 is 14.3 Å². The highest BCUT2D eigenvalue weighted by Gasteiger charge is 2.26. The molecule has 2 amide bonds. The maximum atomic E-state index is 13.6. The second-order valence-corrected chi connectivity index (χ2v) is 9.82. The molecule has 10 heteroatoms. The van der Waals surface area contributed by atoms with Crippen molar-refractivity contribution in [1.29, 1.82) is 0 Å². The SMILES string of the molecule is Nc1ncc(NC(=O)C(=O)N(Cc2ccccn2)Cc2cccc3ccccc23)c2nn(C3CCCCO3)cc12. The summed E-state index contributed by atoms with van der Waals surface area (Å²) in [7, 11) is 0. The number of nitrogen functional groups attached to an aromatic ring is 1. The van der Waals surface area contributed by atoms with Crippen LogP contribution in [0.5, 0.6) is 0 Å². The number of benzene rings is 2. The van der Waals surface area contributed by atoms with E-state index in [0.29, 0.717) is 28.9 Å². The van der Waals surface area contributed by atoms with E-state index < -0.39 is 11.8 Å². The van der Waals surface area contributed by atoms with Crippen LogP contribution in [0.15, 0.2) is 79.3 Å². The molecule has 1 aliphatic rings. The Labute approximate surface area is 230 Å². The second kappa shape index (κ2) is 11.1. The summed E-state index contributed by atoms with van der Waals surface area (Å²) in [5.41, 5.74) is 8.48. The summed E-state index contributed by atoms with van der Waals surface area (Å²) >= 11 is 0. The lowest BCUT2D eigenvalue weighted by Crippen LogP contribution is -2.39. The summed E-state index contributed by atoms with van der Waals surface area (Å²) in [6.07, 6.45) is 7.54. The van der Waals surface area contributed by atoms with Gasteiger partial charge in [-0.1, -0.05) is 48.5 Å². The molecule has 1 saturated heterocycles. The number of fused-ring (bicyclic) bond motifs is 2. The van der Waals surface area contributed by atoms with Crippen LogP contribution in [0.2, 0.25) is 0 Å². The zero-order chi connectivity index (χ0) is 27.5. The molecule has 3 N–H and O–H groups in total. The third kappa shape index (κ3) is 5.21. The lowest BCUT2D eigenvalue weighted by atomic mass is 10.0. The minimum atomic E-state index is -0.799. The summed E-state index contributed by atoms with van der Waals surface area (Å²) in [6, 6.07) is 19.4. The van der Waals surface area contributed by atoms with Gasteiger partial charge in [0, 0.05) is 25.5 Å². The van der Waals surface area contributed by atoms with E-state index in [4.69, 9.17) is 10.5 Å². The van der Waals surface area contributed by atoms with E-state index in [9.17, 15) is 9.59 Å². The van der Waals surface area contributed by atoms with Crippen molar-refractivity contribution in [3.63, 3.8) is 0 Å². The molecular weight excluding hydrogens is 506 g/mol. The zero-order valence-corrected chi connectivity index (χ0v) is 21.9. The predicted molar refractivity (Wildman–Crippen MR) is 152 cm³/mol. The fraction of sp³-hybridized carbons (Fsp3) is 0.233. The number of rotatable bonds is 6. The molecule has 1 aliphatic heterocycles. The number of hydrogen-bond acceptors (Lipinski definition) is 7. The number of aromatic nitrogens is 4. The highest BCUT2D eigenvalue weighted by molar-refractivity contribution is 6.40. The van der Waals surface area contributed by atoms with Gasteiger partial charge in [-0.3, -0.25) is 14.6 Å². The molecule has 4 heterocycles. The first-order valence-electron chi connectivity index (χ1n) is 13.3. The summed E-state index contributed by atoms with van der Waals surface area (Å²) in [5.74, 6) is -1.21. The van der Waals surface area contributed by atoms with E-state index >= 15 is 0 Å². The third-order valence-corrected chi connectivity index (χ3v) is 7.10. The number of anilines is 2. The first-order chi connectivity index (χ1) is 19.6. The Morgan fingerprint density at radius 1 is 1.00 bits per heavy atom. The van der Waals surface area contributed by atoms with E-state index in [0.717, 1.165) is 35.6 Å². The standard InChI is InChI=1S/C30H29N7O3/c31-28-24-19-37(26-13-4-6-15-40-26)35-27(24)25(16-33-28)34-29(38)30(39)36(18-22-11-3-5-14-32-22)17-21-10-7-9-20-8-1-2-12-23(20)21/h1-3,5,7-12,14,16,19,26H,4,6,13,15,17-18H2,(H2,31,33)(H,34,38). The smallest absolute Gasteiger partial charge is 0.314 e. The van der Waals surface area contributed by atoms with E-state index in [-0.39, 0.29) is 25.1 Å². The summed E-state index contributed by atoms with van der Waals surface area (Å²) in [4.78, 5) is 37.1. The number of nitrogens with zero attached hydrogens (tertiary/aromatic N) is 5. The van der Waals surface area contributed by atoms with Gasteiger partial charge in [0.2, 0.25) is 0 Å². The number of carbonyl (C=O) groups is 2. The summed E-state index contributed by atoms with van der Waals surface area (Å²) in [5, 5.41) is 10.0. The molecule has 5 aromatic rings. The van der Waals surface area contributed by atoms with Crippen molar-refractivity contribution in [2.45, 2.75) is 38.6 Å². The molecule has 3 aromatic heterocycles. The van der Waals surface area contributed by atoms with Crippen molar-refractivity contribution in [3.8, 4) is 0 Å². The zero-order valence-electron chi connectivity index (χ0n) is 21.9. The van der Waals surface area contributed by atoms with Crippen molar-refractivity contribution in [3.05, 3.63) is 90.5 Å². The molecule has 10 nitrogen and oxygen atoms in total. The molecule has 2 aromatic carbocycles. The van der Waals surface area contributed by atoms with Crippen LogP contribution < -0.4 is 11.1 Å². The van der Waals surface area contributed by atoms with Gasteiger partial charge in [0.25, 0.3) is 0 Å². The largest absolute Gasteiger partial charge is 0.383 e. The Bertz CT molecular complexity index is 1670. The van der Waals surface area contributed by atoms with Crippen LogP contribution in [0.25, 0.3) is 21.7 Å². The normalized spacial score (nSPS) is 15.2. The van der Waals surface area contributed by atoms with Crippen molar-refractivity contribution in [2.75, 3.05) is 17.7 Å². The highest BCUT2D eigenvalue weighted by atomic mass is 16.5. The number of ether oxygens (including phenoxy) is 1. The molecule has 6 rings (SSSR count). The molecule has 1 atom stereocenters. The first-order valence-corrected chi connectivity index (χ1v) is 13.3. The first kappa shape index (κ1) is 25.4. The van der Waals surface area contributed by atoms with E-state index in [1.807, 2.05) is 60.7 Å². The van der Waals surface area contributed by atoms with Gasteiger partial charge < -0.3 is 20.7 Å². The minimum Gasteiger partial charge on any atom is -0.383 e. The number of pyridine rings is 2. The van der Waals surface area contributed by atoms with E-state index in [2.05, 4.69) is 20.4 Å². The van der Waals surface area contributed by atoms with Crippen LogP contribution in [0.4, 0.5) is 11.5 Å². The molecule has 0 aliphatic carbocycles. The van der Waals surface area contributed by atoms with Gasteiger partial charge in [-0.2, -0.15) is 5.10 Å². The lowest BCUT2D eigenvalue weighted by molar-refractivity contribution is -0.144. The highest BCUT2D eigenvalue weighted by Crippen LogP contribution is 2.29. The van der Waals surface area contributed by atoms with E-state index in [1.165, 1.54) is 11.1 Å². The Morgan fingerprint density at radius 2 is 1.85 bits per heavy atom. The Balaban J connectivity index is 1.29. The van der Waals surface area contributed by atoms with Gasteiger partial charge >= 0.3 is 11.8 Å². The molecule has 0 saturated carbocycles. The quantitative estimate of drug-likeness (QED) is 0.308. The lowest BCUT2D eigenvalue weighted by Gasteiger charge is -2.23. The van der Waals surface area contributed by atoms with Gasteiger partial charge in [-0.15, -0.1) is 0 Å². The predicted octanol–water partition coefficient (Wildman–Crippen LogP) is 4.43.